The van der Waals surface area contributed by atoms with Crippen molar-refractivity contribution >= 4 is 0 Å². The fourth-order valence-electron chi connectivity index (χ4n) is 5.69. The number of hydrogen-bond donors (Lipinski definition) is 0. The predicted octanol–water partition coefficient (Wildman–Crippen LogP) is 4.20. The maximum atomic E-state index is 8.44. The van der Waals surface area contributed by atoms with Gasteiger partial charge in [-0.25, -0.2) is 0 Å². The van der Waals surface area contributed by atoms with Crippen molar-refractivity contribution in [2.45, 2.75) is 57.4 Å². The summed E-state index contributed by atoms with van der Waals surface area (Å²) in [5.41, 5.74) is 11.8. The minimum atomic E-state index is 0.181. The van der Waals surface area contributed by atoms with E-state index in [0.717, 1.165) is 29.9 Å². The average Bonchev–Trinajstić information content (AvgIpc) is 2.82. The first kappa shape index (κ1) is 13.6. The first-order valence-corrected chi connectivity index (χ1v) is 8.51. The van der Waals surface area contributed by atoms with Crippen LogP contribution >= 0.6 is 0 Å². The van der Waals surface area contributed by atoms with Gasteiger partial charge in [0.05, 0.1) is 7.11 Å². The summed E-state index contributed by atoms with van der Waals surface area (Å²) in [5, 5.41) is 0. The molecule has 5 atom stereocenters. The second-order valence-corrected chi connectivity index (χ2v) is 7.65. The molecule has 0 heterocycles. The molecule has 0 spiro atoms. The molecule has 3 aliphatic carbocycles. The van der Waals surface area contributed by atoms with Crippen LogP contribution in [0, 0.1) is 17.3 Å². The Morgan fingerprint density at radius 1 is 1.19 bits per heavy atom. The Labute approximate surface area is 128 Å². The highest BCUT2D eigenvalue weighted by molar-refractivity contribution is 5.40. The fourth-order valence-corrected chi connectivity index (χ4v) is 5.69. The highest BCUT2D eigenvalue weighted by atomic mass is 16.5. The third-order valence-corrected chi connectivity index (χ3v) is 6.93. The van der Waals surface area contributed by atoms with Crippen molar-refractivity contribution in [1.29, 1.82) is 0 Å². The van der Waals surface area contributed by atoms with Crippen molar-refractivity contribution < 1.29 is 4.74 Å². The summed E-state index contributed by atoms with van der Waals surface area (Å²) in [5.74, 6) is 3.34. The van der Waals surface area contributed by atoms with Gasteiger partial charge in [0, 0.05) is 6.04 Å². The molecule has 4 rings (SSSR count). The molecule has 1 radical (unpaired) electrons. The molecular formula is C19H26NO. The van der Waals surface area contributed by atoms with E-state index >= 15 is 0 Å². The van der Waals surface area contributed by atoms with Crippen molar-refractivity contribution in [1.82, 2.24) is 5.73 Å². The second kappa shape index (κ2) is 4.74. The summed E-state index contributed by atoms with van der Waals surface area (Å²) in [6, 6.07) is 6.89. The SMILES string of the molecule is COc1ccc2c(c1)CCC1C2CC[C@@]2(C)C1CC[C@@H]2[NH]. The van der Waals surface area contributed by atoms with Crippen LogP contribution in [-0.2, 0) is 6.42 Å². The molecule has 2 saturated carbocycles. The number of benzene rings is 1. The minimum absolute atomic E-state index is 0.181. The topological polar surface area (TPSA) is 33.0 Å². The van der Waals surface area contributed by atoms with Crippen molar-refractivity contribution in [3.63, 3.8) is 0 Å². The highest BCUT2D eigenvalue weighted by Crippen LogP contribution is 2.60. The van der Waals surface area contributed by atoms with Gasteiger partial charge in [-0.1, -0.05) is 13.0 Å². The van der Waals surface area contributed by atoms with Gasteiger partial charge in [-0.2, -0.15) is 0 Å². The summed E-state index contributed by atoms with van der Waals surface area (Å²) >= 11 is 0. The van der Waals surface area contributed by atoms with Crippen LogP contribution in [0.4, 0.5) is 0 Å². The molecule has 3 unspecified atom stereocenters. The molecule has 2 heteroatoms. The van der Waals surface area contributed by atoms with E-state index in [-0.39, 0.29) is 6.04 Å². The van der Waals surface area contributed by atoms with Gasteiger partial charge in [0.25, 0.3) is 0 Å². The number of aryl methyl sites for hydroxylation is 1. The number of methoxy groups -OCH3 is 1. The first-order valence-electron chi connectivity index (χ1n) is 8.51. The Kier molecular flexibility index (Phi) is 3.08. The quantitative estimate of drug-likeness (QED) is 0.760. The van der Waals surface area contributed by atoms with Gasteiger partial charge in [-0.3, -0.25) is 5.73 Å². The van der Waals surface area contributed by atoms with Crippen molar-refractivity contribution in [3.8, 4) is 5.75 Å². The van der Waals surface area contributed by atoms with Crippen LogP contribution in [0.2, 0.25) is 0 Å². The molecule has 0 amide bonds. The molecule has 1 N–H and O–H groups in total. The zero-order valence-corrected chi connectivity index (χ0v) is 13.2. The van der Waals surface area contributed by atoms with Gasteiger partial charge < -0.3 is 4.74 Å². The Hall–Kier alpha value is -1.02. The Bertz CT molecular complexity index is 554. The molecule has 3 aliphatic rings. The largest absolute Gasteiger partial charge is 0.497 e. The third-order valence-electron chi connectivity index (χ3n) is 6.93. The van der Waals surface area contributed by atoms with Crippen LogP contribution < -0.4 is 10.5 Å². The molecule has 0 bridgehead atoms. The van der Waals surface area contributed by atoms with Gasteiger partial charge in [0.2, 0.25) is 0 Å². The third kappa shape index (κ3) is 1.88. The van der Waals surface area contributed by atoms with Crippen LogP contribution in [0.5, 0.6) is 5.75 Å². The van der Waals surface area contributed by atoms with E-state index < -0.39 is 0 Å². The summed E-state index contributed by atoms with van der Waals surface area (Å²) in [6.07, 6.45) is 7.46. The standard InChI is InChI=1S/C19H26NO/c1-19-10-9-15-14-6-4-13(21-2)11-12(14)3-5-16(15)17(19)7-8-18(19)20/h4,6,11,15-18,20H,3,5,7-10H2,1-2H3/t15?,16?,17?,18-,19-/m0/s1. The number of fused-ring (bicyclic) bond motifs is 5. The van der Waals surface area contributed by atoms with Gasteiger partial charge in [-0.15, -0.1) is 0 Å². The molecule has 1 aromatic rings. The maximum absolute atomic E-state index is 8.44. The summed E-state index contributed by atoms with van der Waals surface area (Å²) in [7, 11) is 1.76. The Morgan fingerprint density at radius 3 is 2.86 bits per heavy atom. The summed E-state index contributed by atoms with van der Waals surface area (Å²) in [4.78, 5) is 0. The summed E-state index contributed by atoms with van der Waals surface area (Å²) < 4.78 is 5.39. The number of rotatable bonds is 1. The van der Waals surface area contributed by atoms with E-state index in [4.69, 9.17) is 10.5 Å². The van der Waals surface area contributed by atoms with E-state index in [1.807, 2.05) is 0 Å². The van der Waals surface area contributed by atoms with E-state index in [9.17, 15) is 0 Å². The molecule has 1 aromatic carbocycles. The molecule has 0 aliphatic heterocycles. The lowest BCUT2D eigenvalue weighted by Gasteiger charge is -2.50. The number of nitrogens with one attached hydrogen (secondary N) is 1. The number of ether oxygens (including phenoxy) is 1. The van der Waals surface area contributed by atoms with E-state index in [0.29, 0.717) is 5.41 Å². The van der Waals surface area contributed by atoms with Gasteiger partial charge >= 0.3 is 0 Å². The van der Waals surface area contributed by atoms with Crippen LogP contribution in [0.15, 0.2) is 18.2 Å². The number of hydrogen-bond acceptors (Lipinski definition) is 1. The van der Waals surface area contributed by atoms with Crippen LogP contribution in [0.25, 0.3) is 0 Å². The van der Waals surface area contributed by atoms with E-state index in [1.165, 1.54) is 37.7 Å². The monoisotopic (exact) mass is 284 g/mol. The van der Waals surface area contributed by atoms with Crippen LogP contribution in [0.3, 0.4) is 0 Å². The lowest BCUT2D eigenvalue weighted by atomic mass is 9.55. The van der Waals surface area contributed by atoms with Gasteiger partial charge in [-0.05, 0) is 85.0 Å². The predicted molar refractivity (Wildman–Crippen MR) is 84.5 cm³/mol. The average molecular weight is 284 g/mol. The highest BCUT2D eigenvalue weighted by Gasteiger charge is 2.53. The lowest BCUT2D eigenvalue weighted by molar-refractivity contribution is 0.0481. The zero-order valence-electron chi connectivity index (χ0n) is 13.2. The molecule has 2 nitrogen and oxygen atoms in total. The smallest absolute Gasteiger partial charge is 0.119 e. The lowest BCUT2D eigenvalue weighted by Crippen LogP contribution is -2.44. The molecule has 2 fully saturated rings. The molecule has 113 valence electrons. The Balaban J connectivity index is 1.68. The second-order valence-electron chi connectivity index (χ2n) is 7.65. The Morgan fingerprint density at radius 2 is 2.05 bits per heavy atom. The normalized spacial score (nSPS) is 41.1. The van der Waals surface area contributed by atoms with Crippen molar-refractivity contribution in [3.05, 3.63) is 29.3 Å². The molecule has 21 heavy (non-hydrogen) atoms. The zero-order chi connectivity index (χ0) is 14.6. The van der Waals surface area contributed by atoms with Gasteiger partial charge in [0.15, 0.2) is 0 Å². The molecular weight excluding hydrogens is 258 g/mol. The fraction of sp³-hybridized carbons (Fsp3) is 0.684. The van der Waals surface area contributed by atoms with E-state index in [2.05, 4.69) is 25.1 Å². The van der Waals surface area contributed by atoms with Crippen molar-refractivity contribution in [2.75, 3.05) is 7.11 Å². The van der Waals surface area contributed by atoms with E-state index in [1.54, 1.807) is 12.7 Å². The molecule has 0 saturated heterocycles. The van der Waals surface area contributed by atoms with Gasteiger partial charge in [0.1, 0.15) is 5.75 Å². The van der Waals surface area contributed by atoms with Crippen LogP contribution in [-0.4, -0.2) is 13.2 Å². The summed E-state index contributed by atoms with van der Waals surface area (Å²) in [6.45, 7) is 2.40. The van der Waals surface area contributed by atoms with Crippen molar-refractivity contribution in [2.24, 2.45) is 17.3 Å². The minimum Gasteiger partial charge on any atom is -0.497 e. The van der Waals surface area contributed by atoms with Crippen LogP contribution in [0.1, 0.15) is 56.1 Å². The molecule has 0 aromatic heterocycles. The maximum Gasteiger partial charge on any atom is 0.119 e. The first-order chi connectivity index (χ1) is 10.1.